The van der Waals surface area contributed by atoms with Crippen molar-refractivity contribution in [1.82, 2.24) is 9.21 Å². The second-order valence-corrected chi connectivity index (χ2v) is 10.4. The lowest BCUT2D eigenvalue weighted by molar-refractivity contribution is -0.143. The summed E-state index contributed by atoms with van der Waals surface area (Å²) >= 11 is 0. The topological polar surface area (TPSA) is 66.9 Å². The summed E-state index contributed by atoms with van der Waals surface area (Å²) in [7, 11) is -2.14. The quantitative estimate of drug-likeness (QED) is 0.504. The number of esters is 1. The van der Waals surface area contributed by atoms with Crippen molar-refractivity contribution in [2.75, 3.05) is 33.3 Å². The van der Waals surface area contributed by atoms with Gasteiger partial charge >= 0.3 is 5.97 Å². The number of benzene rings is 2. The third-order valence-electron chi connectivity index (χ3n) is 6.19. The Morgan fingerprint density at radius 2 is 1.72 bits per heavy atom. The van der Waals surface area contributed by atoms with Gasteiger partial charge in [-0.2, -0.15) is 4.31 Å². The molecule has 1 aliphatic rings. The number of hydrogen-bond donors (Lipinski definition) is 0. The minimum absolute atomic E-state index is 0.0451. The molecule has 174 valence electrons. The van der Waals surface area contributed by atoms with Crippen LogP contribution in [-0.2, 0) is 26.0 Å². The number of ether oxygens (including phenoxy) is 1. The van der Waals surface area contributed by atoms with Crippen molar-refractivity contribution in [1.29, 1.82) is 0 Å². The van der Waals surface area contributed by atoms with Crippen LogP contribution in [0.4, 0.5) is 0 Å². The van der Waals surface area contributed by atoms with Crippen LogP contribution in [0.2, 0.25) is 0 Å². The molecule has 2 aromatic rings. The lowest BCUT2D eigenvalue weighted by Crippen LogP contribution is -2.30. The summed E-state index contributed by atoms with van der Waals surface area (Å²) in [6, 6.07) is 16.1. The van der Waals surface area contributed by atoms with Crippen LogP contribution in [0.15, 0.2) is 53.4 Å². The Hall–Kier alpha value is -2.22. The average Bonchev–Trinajstić information content (AvgIpc) is 3.22. The molecule has 7 heteroatoms. The Morgan fingerprint density at radius 3 is 2.28 bits per heavy atom. The predicted octanol–water partition coefficient (Wildman–Crippen LogP) is 3.95. The van der Waals surface area contributed by atoms with E-state index in [1.807, 2.05) is 12.1 Å². The van der Waals surface area contributed by atoms with Gasteiger partial charge in [-0.15, -0.1) is 0 Å². The molecule has 1 fully saturated rings. The molecule has 0 saturated carbocycles. The van der Waals surface area contributed by atoms with E-state index >= 15 is 0 Å². The fraction of sp³-hybridized carbons (Fsp3) is 0.480. The van der Waals surface area contributed by atoms with E-state index in [9.17, 15) is 13.2 Å². The molecule has 0 unspecified atom stereocenters. The molecule has 2 aromatic carbocycles. The molecule has 1 saturated heterocycles. The zero-order chi connectivity index (χ0) is 23.1. The van der Waals surface area contributed by atoms with Gasteiger partial charge in [-0.3, -0.25) is 4.79 Å². The van der Waals surface area contributed by atoms with E-state index < -0.39 is 10.0 Å². The number of hydrogen-bond acceptors (Lipinski definition) is 5. The molecular formula is C25H34N2O4S. The monoisotopic (exact) mass is 458 g/mol. The largest absolute Gasteiger partial charge is 0.464 e. The van der Waals surface area contributed by atoms with Crippen LogP contribution < -0.4 is 0 Å². The normalized spacial score (nSPS) is 17.1. The van der Waals surface area contributed by atoms with Crippen molar-refractivity contribution in [3.63, 3.8) is 0 Å². The van der Waals surface area contributed by atoms with Crippen LogP contribution in [-0.4, -0.2) is 62.9 Å². The summed E-state index contributed by atoms with van der Waals surface area (Å²) in [5.74, 6) is -0.336. The first-order valence-corrected chi connectivity index (χ1v) is 12.8. The highest BCUT2D eigenvalue weighted by atomic mass is 32.2. The van der Waals surface area contributed by atoms with Crippen molar-refractivity contribution < 1.29 is 17.9 Å². The van der Waals surface area contributed by atoms with Gasteiger partial charge in [0, 0.05) is 32.6 Å². The molecule has 0 N–H and O–H groups in total. The minimum Gasteiger partial charge on any atom is -0.464 e. The summed E-state index contributed by atoms with van der Waals surface area (Å²) in [5, 5.41) is 0. The van der Waals surface area contributed by atoms with Gasteiger partial charge in [0.25, 0.3) is 0 Å². The molecule has 1 aliphatic heterocycles. The van der Waals surface area contributed by atoms with Crippen LogP contribution >= 0.6 is 0 Å². The molecule has 6 nitrogen and oxygen atoms in total. The lowest BCUT2D eigenvalue weighted by atomic mass is 10.0. The van der Waals surface area contributed by atoms with E-state index in [0.29, 0.717) is 6.04 Å². The van der Waals surface area contributed by atoms with Crippen molar-refractivity contribution in [3.8, 4) is 11.1 Å². The number of nitrogens with zero attached hydrogens (tertiary/aromatic N) is 2. The molecule has 0 aromatic heterocycles. The maximum absolute atomic E-state index is 12.8. The maximum Gasteiger partial charge on any atom is 0.305 e. The first-order chi connectivity index (χ1) is 15.3. The SMILES string of the molecule is CCC(=O)OCCN(C)S(=O)(=O)c1ccc(-c2ccc(CCN3CCC[C@H]3C)cc2)cc1. The van der Waals surface area contributed by atoms with Crippen molar-refractivity contribution in [2.24, 2.45) is 0 Å². The zero-order valence-electron chi connectivity index (χ0n) is 19.3. The highest BCUT2D eigenvalue weighted by Gasteiger charge is 2.21. The van der Waals surface area contributed by atoms with Gasteiger partial charge in [0.1, 0.15) is 6.61 Å². The number of rotatable bonds is 10. The minimum atomic E-state index is -3.63. The standard InChI is InChI=1S/C25H34N2O4S/c1-4-25(28)31-19-18-26(3)32(29,30)24-13-11-23(12-14-24)22-9-7-21(8-10-22)15-17-27-16-5-6-20(27)2/h7-14,20H,4-6,15-19H2,1-3H3/t20-/m1/s1. The molecule has 3 rings (SSSR count). The number of carbonyl (C=O) groups is 1. The van der Waals surface area contributed by atoms with Crippen molar-refractivity contribution in [3.05, 3.63) is 54.1 Å². The van der Waals surface area contributed by atoms with Gasteiger partial charge in [0.2, 0.25) is 10.0 Å². The maximum atomic E-state index is 12.8. The first kappa shape index (κ1) is 24.4. The molecule has 1 atom stereocenters. The van der Waals surface area contributed by atoms with Gasteiger partial charge in [0.05, 0.1) is 4.90 Å². The fourth-order valence-electron chi connectivity index (χ4n) is 3.97. The number of likely N-dealkylation sites (N-methyl/N-ethyl adjacent to an activating group) is 1. The Bertz CT molecular complexity index is 988. The summed E-state index contributed by atoms with van der Waals surface area (Å²) in [6.07, 6.45) is 3.92. The van der Waals surface area contributed by atoms with Gasteiger partial charge in [-0.1, -0.05) is 43.3 Å². The van der Waals surface area contributed by atoms with Crippen LogP contribution in [0.25, 0.3) is 11.1 Å². The molecule has 0 spiro atoms. The first-order valence-electron chi connectivity index (χ1n) is 11.4. The second-order valence-electron chi connectivity index (χ2n) is 8.40. The van der Waals surface area contributed by atoms with Gasteiger partial charge in [0.15, 0.2) is 0 Å². The molecule has 0 radical (unpaired) electrons. The Kier molecular flexibility index (Phi) is 8.45. The van der Waals surface area contributed by atoms with Crippen LogP contribution in [0.3, 0.4) is 0 Å². The van der Waals surface area contributed by atoms with Crippen LogP contribution in [0.5, 0.6) is 0 Å². The van der Waals surface area contributed by atoms with E-state index in [-0.39, 0.29) is 30.4 Å². The Labute approximate surface area is 192 Å². The van der Waals surface area contributed by atoms with E-state index in [2.05, 4.69) is 36.1 Å². The van der Waals surface area contributed by atoms with Crippen molar-refractivity contribution >= 4 is 16.0 Å². The van der Waals surface area contributed by atoms with Crippen LogP contribution in [0, 0.1) is 0 Å². The molecule has 0 aliphatic carbocycles. The van der Waals surface area contributed by atoms with Crippen LogP contribution in [0.1, 0.15) is 38.7 Å². The fourth-order valence-corrected chi connectivity index (χ4v) is 5.13. The van der Waals surface area contributed by atoms with E-state index in [1.165, 1.54) is 36.3 Å². The summed E-state index contributed by atoms with van der Waals surface area (Å²) in [5.41, 5.74) is 3.35. The summed E-state index contributed by atoms with van der Waals surface area (Å²) in [4.78, 5) is 14.0. The predicted molar refractivity (Wildman–Crippen MR) is 127 cm³/mol. The Morgan fingerprint density at radius 1 is 1.09 bits per heavy atom. The lowest BCUT2D eigenvalue weighted by Gasteiger charge is -2.20. The van der Waals surface area contributed by atoms with E-state index in [4.69, 9.17) is 4.74 Å². The number of sulfonamides is 1. The number of likely N-dealkylation sites (tertiary alicyclic amines) is 1. The van der Waals surface area contributed by atoms with Gasteiger partial charge < -0.3 is 9.64 Å². The summed E-state index contributed by atoms with van der Waals surface area (Å²) < 4.78 is 31.7. The summed E-state index contributed by atoms with van der Waals surface area (Å²) in [6.45, 7) is 6.47. The smallest absolute Gasteiger partial charge is 0.305 e. The highest BCUT2D eigenvalue weighted by Crippen LogP contribution is 2.24. The third-order valence-corrected chi connectivity index (χ3v) is 8.06. The third kappa shape index (κ3) is 6.18. The molecule has 1 heterocycles. The zero-order valence-corrected chi connectivity index (χ0v) is 20.1. The molecule has 0 amide bonds. The average molecular weight is 459 g/mol. The van der Waals surface area contributed by atoms with E-state index in [0.717, 1.165) is 24.1 Å². The second kappa shape index (κ2) is 11.1. The molecule has 32 heavy (non-hydrogen) atoms. The molecule has 0 bridgehead atoms. The van der Waals surface area contributed by atoms with Crippen molar-refractivity contribution in [2.45, 2.75) is 50.5 Å². The van der Waals surface area contributed by atoms with Gasteiger partial charge in [-0.05, 0) is 61.6 Å². The number of carbonyl (C=O) groups excluding carboxylic acids is 1. The highest BCUT2D eigenvalue weighted by molar-refractivity contribution is 7.89. The van der Waals surface area contributed by atoms with E-state index in [1.54, 1.807) is 19.1 Å². The Balaban J connectivity index is 1.58. The molecular weight excluding hydrogens is 424 g/mol. The van der Waals surface area contributed by atoms with Gasteiger partial charge in [-0.25, -0.2) is 8.42 Å².